The van der Waals surface area contributed by atoms with Crippen LogP contribution in [0.15, 0.2) is 12.1 Å². The van der Waals surface area contributed by atoms with Crippen molar-refractivity contribution in [3.8, 4) is 11.5 Å². The predicted octanol–water partition coefficient (Wildman–Crippen LogP) is 3.57. The molecule has 0 saturated carbocycles. The highest BCUT2D eigenvalue weighted by Gasteiger charge is 2.12. The van der Waals surface area contributed by atoms with Gasteiger partial charge in [-0.1, -0.05) is 25.4 Å². The molecule has 126 valence electrons. The molecule has 0 atom stereocenters. The Kier molecular flexibility index (Phi) is 9.28. The van der Waals surface area contributed by atoms with E-state index < -0.39 is 0 Å². The van der Waals surface area contributed by atoms with Crippen molar-refractivity contribution < 1.29 is 9.47 Å². The molecule has 0 bridgehead atoms. The van der Waals surface area contributed by atoms with Gasteiger partial charge in [0.15, 0.2) is 11.5 Å². The Balaban J connectivity index is 2.55. The topological polar surface area (TPSA) is 33.7 Å². The van der Waals surface area contributed by atoms with Crippen LogP contribution in [0.1, 0.15) is 32.8 Å². The molecule has 0 heterocycles. The van der Waals surface area contributed by atoms with Crippen molar-refractivity contribution in [2.75, 3.05) is 39.9 Å². The molecule has 0 amide bonds. The van der Waals surface area contributed by atoms with Crippen molar-refractivity contribution in [2.45, 2.75) is 33.7 Å². The molecule has 5 heteroatoms. The largest absolute Gasteiger partial charge is 0.493 e. The summed E-state index contributed by atoms with van der Waals surface area (Å²) in [5.41, 5.74) is 1.04. The number of methoxy groups -OCH3 is 1. The number of hydrogen-bond acceptors (Lipinski definition) is 4. The summed E-state index contributed by atoms with van der Waals surface area (Å²) in [5.74, 6) is 1.47. The van der Waals surface area contributed by atoms with Gasteiger partial charge in [0.05, 0.1) is 13.7 Å². The number of rotatable bonds is 11. The minimum atomic E-state index is 0.604. The Morgan fingerprint density at radius 3 is 2.50 bits per heavy atom. The molecule has 1 rings (SSSR count). The molecule has 0 unspecified atom stereocenters. The molecule has 1 aromatic rings. The van der Waals surface area contributed by atoms with E-state index in [1.165, 1.54) is 0 Å². The van der Waals surface area contributed by atoms with E-state index in [9.17, 15) is 0 Å². The van der Waals surface area contributed by atoms with Crippen LogP contribution in [0.25, 0.3) is 0 Å². The lowest BCUT2D eigenvalue weighted by Gasteiger charge is -2.18. The molecule has 0 aliphatic heterocycles. The van der Waals surface area contributed by atoms with E-state index in [2.05, 4.69) is 24.1 Å². The van der Waals surface area contributed by atoms with Crippen LogP contribution in [0.4, 0.5) is 0 Å². The first kappa shape index (κ1) is 19.1. The highest BCUT2D eigenvalue weighted by atomic mass is 35.5. The van der Waals surface area contributed by atoms with Gasteiger partial charge in [-0.3, -0.25) is 0 Å². The maximum absolute atomic E-state index is 6.15. The summed E-state index contributed by atoms with van der Waals surface area (Å²) in [6, 6.07) is 3.73. The minimum absolute atomic E-state index is 0.604. The smallest absolute Gasteiger partial charge is 0.165 e. The Morgan fingerprint density at radius 1 is 1.18 bits per heavy atom. The van der Waals surface area contributed by atoms with Crippen LogP contribution in [-0.2, 0) is 6.54 Å². The van der Waals surface area contributed by atoms with E-state index in [0.29, 0.717) is 17.4 Å². The summed E-state index contributed by atoms with van der Waals surface area (Å²) in [6.45, 7) is 12.0. The summed E-state index contributed by atoms with van der Waals surface area (Å²) >= 11 is 6.15. The molecule has 0 saturated heterocycles. The van der Waals surface area contributed by atoms with Crippen LogP contribution >= 0.6 is 11.6 Å². The zero-order valence-corrected chi connectivity index (χ0v) is 15.0. The number of halogens is 1. The van der Waals surface area contributed by atoms with E-state index in [1.807, 2.05) is 13.0 Å². The monoisotopic (exact) mass is 328 g/mol. The van der Waals surface area contributed by atoms with Gasteiger partial charge in [-0.2, -0.15) is 0 Å². The first-order valence-corrected chi connectivity index (χ1v) is 8.46. The zero-order chi connectivity index (χ0) is 16.4. The van der Waals surface area contributed by atoms with Crippen LogP contribution in [0.3, 0.4) is 0 Å². The summed E-state index contributed by atoms with van der Waals surface area (Å²) in [5, 5.41) is 4.13. The zero-order valence-electron chi connectivity index (χ0n) is 14.2. The molecular formula is C17H29ClN2O2. The molecule has 0 radical (unpaired) electrons. The van der Waals surface area contributed by atoms with Gasteiger partial charge in [0.2, 0.25) is 0 Å². The minimum Gasteiger partial charge on any atom is -0.493 e. The fourth-order valence-corrected chi connectivity index (χ4v) is 2.64. The van der Waals surface area contributed by atoms with Gasteiger partial charge in [-0.25, -0.2) is 0 Å². The van der Waals surface area contributed by atoms with Crippen molar-refractivity contribution in [3.63, 3.8) is 0 Å². The Hall–Kier alpha value is -0.970. The van der Waals surface area contributed by atoms with E-state index >= 15 is 0 Å². The van der Waals surface area contributed by atoms with Crippen LogP contribution < -0.4 is 14.8 Å². The van der Waals surface area contributed by atoms with Gasteiger partial charge in [0.1, 0.15) is 0 Å². The summed E-state index contributed by atoms with van der Waals surface area (Å²) in [7, 11) is 1.63. The Bertz CT molecular complexity index is 437. The lowest BCUT2D eigenvalue weighted by Crippen LogP contribution is -2.27. The molecule has 1 N–H and O–H groups in total. The molecular weight excluding hydrogens is 300 g/mol. The van der Waals surface area contributed by atoms with Crippen molar-refractivity contribution in [1.29, 1.82) is 0 Å². The number of nitrogens with one attached hydrogen (secondary N) is 1. The highest BCUT2D eigenvalue weighted by molar-refractivity contribution is 6.30. The lowest BCUT2D eigenvalue weighted by molar-refractivity contribution is 0.296. The SMILES string of the molecule is CCOc1c(CNCCCN(CC)CC)cc(Cl)cc1OC. The number of benzene rings is 1. The predicted molar refractivity (Wildman–Crippen MR) is 93.3 cm³/mol. The summed E-state index contributed by atoms with van der Waals surface area (Å²) < 4.78 is 11.1. The molecule has 4 nitrogen and oxygen atoms in total. The second-order valence-corrected chi connectivity index (χ2v) is 5.52. The van der Waals surface area contributed by atoms with Crippen LogP contribution in [-0.4, -0.2) is 44.8 Å². The molecule has 0 aromatic heterocycles. The Labute approximate surface area is 139 Å². The van der Waals surface area contributed by atoms with Crippen LogP contribution in [0.5, 0.6) is 11.5 Å². The summed E-state index contributed by atoms with van der Waals surface area (Å²) in [4.78, 5) is 2.43. The molecule has 1 aromatic carbocycles. The van der Waals surface area contributed by atoms with E-state index in [4.69, 9.17) is 21.1 Å². The third-order valence-corrected chi connectivity index (χ3v) is 3.86. The van der Waals surface area contributed by atoms with Crippen molar-refractivity contribution in [2.24, 2.45) is 0 Å². The Morgan fingerprint density at radius 2 is 1.91 bits per heavy atom. The van der Waals surface area contributed by atoms with Gasteiger partial charge >= 0.3 is 0 Å². The van der Waals surface area contributed by atoms with Crippen molar-refractivity contribution in [1.82, 2.24) is 10.2 Å². The maximum atomic E-state index is 6.15. The first-order chi connectivity index (χ1) is 10.7. The second kappa shape index (κ2) is 10.7. The number of nitrogens with zero attached hydrogens (tertiary/aromatic N) is 1. The number of ether oxygens (including phenoxy) is 2. The fourth-order valence-electron chi connectivity index (χ4n) is 2.40. The molecule has 0 spiro atoms. The van der Waals surface area contributed by atoms with Crippen molar-refractivity contribution >= 4 is 11.6 Å². The van der Waals surface area contributed by atoms with Gasteiger partial charge < -0.3 is 19.7 Å². The first-order valence-electron chi connectivity index (χ1n) is 8.08. The quantitative estimate of drug-likeness (QED) is 0.630. The number of hydrogen-bond donors (Lipinski definition) is 1. The molecule has 22 heavy (non-hydrogen) atoms. The fraction of sp³-hybridized carbons (Fsp3) is 0.647. The van der Waals surface area contributed by atoms with Gasteiger partial charge in [-0.05, 0) is 45.6 Å². The van der Waals surface area contributed by atoms with Gasteiger partial charge in [0.25, 0.3) is 0 Å². The average molecular weight is 329 g/mol. The third-order valence-electron chi connectivity index (χ3n) is 3.64. The standard InChI is InChI=1S/C17H29ClN2O2/c1-5-20(6-2)10-8-9-19-13-14-11-15(18)12-16(21-4)17(14)22-7-3/h11-12,19H,5-10,13H2,1-4H3. The molecule has 0 aliphatic rings. The lowest BCUT2D eigenvalue weighted by atomic mass is 10.1. The maximum Gasteiger partial charge on any atom is 0.165 e. The molecule has 0 aliphatic carbocycles. The summed E-state index contributed by atoms with van der Waals surface area (Å²) in [6.07, 6.45) is 1.13. The van der Waals surface area contributed by atoms with E-state index in [-0.39, 0.29) is 0 Å². The van der Waals surface area contributed by atoms with Crippen LogP contribution in [0, 0.1) is 0 Å². The van der Waals surface area contributed by atoms with Gasteiger partial charge in [0, 0.05) is 23.2 Å². The third kappa shape index (κ3) is 6.03. The van der Waals surface area contributed by atoms with Crippen molar-refractivity contribution in [3.05, 3.63) is 22.7 Å². The average Bonchev–Trinajstić information content (AvgIpc) is 2.52. The van der Waals surface area contributed by atoms with Gasteiger partial charge in [-0.15, -0.1) is 0 Å². The normalized spacial score (nSPS) is 11.0. The van der Waals surface area contributed by atoms with E-state index in [1.54, 1.807) is 13.2 Å². The second-order valence-electron chi connectivity index (χ2n) is 5.09. The molecule has 0 fully saturated rings. The highest BCUT2D eigenvalue weighted by Crippen LogP contribution is 2.34. The van der Waals surface area contributed by atoms with E-state index in [0.717, 1.165) is 50.5 Å². The van der Waals surface area contributed by atoms with Crippen LogP contribution in [0.2, 0.25) is 5.02 Å².